The Balaban J connectivity index is 1.70. The second kappa shape index (κ2) is 8.99. The van der Waals surface area contributed by atoms with Crippen LogP contribution in [0.5, 0.6) is 11.5 Å². The van der Waals surface area contributed by atoms with Gasteiger partial charge in [0, 0.05) is 12.4 Å². The van der Waals surface area contributed by atoms with Gasteiger partial charge in [-0.15, -0.1) is 0 Å². The van der Waals surface area contributed by atoms with Crippen LogP contribution >= 0.6 is 0 Å². The predicted molar refractivity (Wildman–Crippen MR) is 104 cm³/mol. The molecule has 0 fully saturated rings. The van der Waals surface area contributed by atoms with E-state index in [0.29, 0.717) is 18.1 Å². The molecule has 1 heterocycles. The smallest absolute Gasteiger partial charge is 0.254 e. The van der Waals surface area contributed by atoms with Crippen molar-refractivity contribution in [2.75, 3.05) is 7.11 Å². The van der Waals surface area contributed by atoms with Gasteiger partial charge in [0.15, 0.2) is 11.5 Å². The van der Waals surface area contributed by atoms with Crippen molar-refractivity contribution >= 4 is 5.91 Å². The van der Waals surface area contributed by atoms with Gasteiger partial charge in [0.25, 0.3) is 5.91 Å². The van der Waals surface area contributed by atoms with Gasteiger partial charge in [-0.05, 0) is 54.4 Å². The zero-order chi connectivity index (χ0) is 19.9. The van der Waals surface area contributed by atoms with E-state index in [-0.39, 0.29) is 11.6 Å². The van der Waals surface area contributed by atoms with Gasteiger partial charge in [-0.3, -0.25) is 9.78 Å². The number of aromatic nitrogens is 1. The summed E-state index contributed by atoms with van der Waals surface area (Å²) in [5.74, 6) is 0.126. The molecule has 6 heteroatoms. The van der Waals surface area contributed by atoms with E-state index in [1.54, 1.807) is 43.8 Å². The Hall–Kier alpha value is -3.41. The Morgan fingerprint density at radius 1 is 1.11 bits per heavy atom. The minimum Gasteiger partial charge on any atom is -0.493 e. The number of carbonyl (C=O) groups excluding carboxylic acids is 1. The van der Waals surface area contributed by atoms with Crippen LogP contribution in [0.2, 0.25) is 0 Å². The highest BCUT2D eigenvalue weighted by Crippen LogP contribution is 2.31. The summed E-state index contributed by atoms with van der Waals surface area (Å²) in [6.45, 7) is 2.21. The number of benzene rings is 2. The molecule has 0 spiro atoms. The SMILES string of the molecule is COc1cc(C(C)NC(=O)c2ccccc2F)ccc1OCc1ccncc1. The van der Waals surface area contributed by atoms with E-state index < -0.39 is 11.7 Å². The molecule has 144 valence electrons. The van der Waals surface area contributed by atoms with E-state index in [0.717, 1.165) is 11.1 Å². The van der Waals surface area contributed by atoms with E-state index in [9.17, 15) is 9.18 Å². The van der Waals surface area contributed by atoms with E-state index in [4.69, 9.17) is 9.47 Å². The fraction of sp³-hybridized carbons (Fsp3) is 0.182. The van der Waals surface area contributed by atoms with Crippen LogP contribution in [0.4, 0.5) is 4.39 Å². The molecular weight excluding hydrogens is 359 g/mol. The molecule has 0 aliphatic heterocycles. The molecule has 0 aliphatic rings. The lowest BCUT2D eigenvalue weighted by Gasteiger charge is -2.17. The molecule has 1 unspecified atom stereocenters. The van der Waals surface area contributed by atoms with Crippen LogP contribution < -0.4 is 14.8 Å². The second-order valence-electron chi connectivity index (χ2n) is 6.23. The van der Waals surface area contributed by atoms with Crippen LogP contribution in [-0.4, -0.2) is 18.0 Å². The normalized spacial score (nSPS) is 11.5. The summed E-state index contributed by atoms with van der Waals surface area (Å²) in [6.07, 6.45) is 3.41. The first kappa shape index (κ1) is 19.4. The summed E-state index contributed by atoms with van der Waals surface area (Å²) in [6, 6.07) is 14.7. The topological polar surface area (TPSA) is 60.5 Å². The van der Waals surface area contributed by atoms with Gasteiger partial charge in [-0.25, -0.2) is 4.39 Å². The monoisotopic (exact) mass is 380 g/mol. The highest BCUT2D eigenvalue weighted by Gasteiger charge is 2.16. The lowest BCUT2D eigenvalue weighted by molar-refractivity contribution is 0.0935. The van der Waals surface area contributed by atoms with Gasteiger partial charge in [-0.2, -0.15) is 0 Å². The number of rotatable bonds is 7. The maximum atomic E-state index is 13.8. The van der Waals surface area contributed by atoms with Gasteiger partial charge in [0.1, 0.15) is 12.4 Å². The molecule has 0 aliphatic carbocycles. The number of ether oxygens (including phenoxy) is 2. The molecular formula is C22H21FN2O3. The summed E-state index contributed by atoms with van der Waals surface area (Å²) in [4.78, 5) is 16.3. The van der Waals surface area contributed by atoms with Gasteiger partial charge in [-0.1, -0.05) is 18.2 Å². The van der Waals surface area contributed by atoms with E-state index in [1.807, 2.05) is 25.1 Å². The zero-order valence-electron chi connectivity index (χ0n) is 15.7. The molecule has 0 saturated heterocycles. The third-order valence-electron chi connectivity index (χ3n) is 4.30. The molecule has 1 amide bonds. The van der Waals surface area contributed by atoms with Crippen LogP contribution in [0, 0.1) is 5.82 Å². The molecule has 28 heavy (non-hydrogen) atoms. The summed E-state index contributed by atoms with van der Waals surface area (Å²) in [5.41, 5.74) is 1.82. The average Bonchev–Trinajstić information content (AvgIpc) is 2.73. The third kappa shape index (κ3) is 4.65. The highest BCUT2D eigenvalue weighted by atomic mass is 19.1. The lowest BCUT2D eigenvalue weighted by atomic mass is 10.1. The number of amides is 1. The van der Waals surface area contributed by atoms with Crippen molar-refractivity contribution in [2.45, 2.75) is 19.6 Å². The van der Waals surface area contributed by atoms with Crippen LogP contribution in [-0.2, 0) is 6.61 Å². The maximum Gasteiger partial charge on any atom is 0.254 e. The Bertz CT molecular complexity index is 948. The maximum absolute atomic E-state index is 13.8. The largest absolute Gasteiger partial charge is 0.493 e. The predicted octanol–water partition coefficient (Wildman–Crippen LogP) is 4.30. The first-order chi connectivity index (χ1) is 13.6. The van der Waals surface area contributed by atoms with Crippen molar-refractivity contribution in [3.05, 3.63) is 89.5 Å². The van der Waals surface area contributed by atoms with Gasteiger partial charge >= 0.3 is 0 Å². The summed E-state index contributed by atoms with van der Waals surface area (Å²) in [7, 11) is 1.56. The molecule has 2 aromatic carbocycles. The second-order valence-corrected chi connectivity index (χ2v) is 6.23. The number of halogens is 1. The van der Waals surface area contributed by atoms with E-state index >= 15 is 0 Å². The third-order valence-corrected chi connectivity index (χ3v) is 4.30. The molecule has 3 rings (SSSR count). The van der Waals surface area contributed by atoms with Crippen molar-refractivity contribution in [1.29, 1.82) is 0 Å². The van der Waals surface area contributed by atoms with Crippen molar-refractivity contribution in [2.24, 2.45) is 0 Å². The molecule has 3 aromatic rings. The molecule has 0 saturated carbocycles. The van der Waals surface area contributed by atoms with Crippen molar-refractivity contribution < 1.29 is 18.7 Å². The van der Waals surface area contributed by atoms with E-state index in [2.05, 4.69) is 10.3 Å². The molecule has 1 aromatic heterocycles. The molecule has 1 N–H and O–H groups in total. The van der Waals surface area contributed by atoms with E-state index in [1.165, 1.54) is 12.1 Å². The molecule has 0 bridgehead atoms. The van der Waals surface area contributed by atoms with Crippen LogP contribution in [0.15, 0.2) is 67.0 Å². The van der Waals surface area contributed by atoms with Gasteiger partial charge < -0.3 is 14.8 Å². The van der Waals surface area contributed by atoms with Crippen LogP contribution in [0.25, 0.3) is 0 Å². The highest BCUT2D eigenvalue weighted by molar-refractivity contribution is 5.94. The number of nitrogens with zero attached hydrogens (tertiary/aromatic N) is 1. The first-order valence-corrected chi connectivity index (χ1v) is 8.83. The Morgan fingerprint density at radius 3 is 2.57 bits per heavy atom. The fourth-order valence-electron chi connectivity index (χ4n) is 2.72. The Labute approximate surface area is 163 Å². The quantitative estimate of drug-likeness (QED) is 0.664. The summed E-state index contributed by atoms with van der Waals surface area (Å²) >= 11 is 0. The number of hydrogen-bond donors (Lipinski definition) is 1. The number of hydrogen-bond acceptors (Lipinski definition) is 4. The minimum absolute atomic E-state index is 0.0126. The first-order valence-electron chi connectivity index (χ1n) is 8.83. The fourth-order valence-corrected chi connectivity index (χ4v) is 2.72. The molecule has 1 atom stereocenters. The minimum atomic E-state index is -0.551. The van der Waals surface area contributed by atoms with Crippen molar-refractivity contribution in [3.8, 4) is 11.5 Å². The Morgan fingerprint density at radius 2 is 1.86 bits per heavy atom. The number of nitrogens with one attached hydrogen (secondary N) is 1. The molecule has 5 nitrogen and oxygen atoms in total. The standard InChI is InChI=1S/C22H21FN2O3/c1-15(25-22(26)18-5-3-4-6-19(18)23)17-7-8-20(21(13-17)27-2)28-14-16-9-11-24-12-10-16/h3-13,15H,14H2,1-2H3,(H,25,26). The lowest BCUT2D eigenvalue weighted by Crippen LogP contribution is -2.27. The Kier molecular flexibility index (Phi) is 6.22. The van der Waals surface area contributed by atoms with Gasteiger partial charge in [0.2, 0.25) is 0 Å². The van der Waals surface area contributed by atoms with Crippen molar-refractivity contribution in [3.63, 3.8) is 0 Å². The van der Waals surface area contributed by atoms with Crippen LogP contribution in [0.1, 0.15) is 34.5 Å². The van der Waals surface area contributed by atoms with Crippen molar-refractivity contribution in [1.82, 2.24) is 10.3 Å². The number of pyridine rings is 1. The van der Waals surface area contributed by atoms with Crippen LogP contribution in [0.3, 0.4) is 0 Å². The number of carbonyl (C=O) groups is 1. The summed E-state index contributed by atoms with van der Waals surface area (Å²) < 4.78 is 25.0. The van der Waals surface area contributed by atoms with Gasteiger partial charge in [0.05, 0.1) is 18.7 Å². The number of methoxy groups -OCH3 is 1. The summed E-state index contributed by atoms with van der Waals surface area (Å²) in [5, 5.41) is 2.80. The average molecular weight is 380 g/mol. The zero-order valence-corrected chi connectivity index (χ0v) is 15.7. The molecule has 0 radical (unpaired) electrons.